The Kier molecular flexibility index (Phi) is 5.10. The number of aromatic nitrogens is 2. The zero-order valence-electron chi connectivity index (χ0n) is 11.8. The summed E-state index contributed by atoms with van der Waals surface area (Å²) in [6.45, 7) is 7.98. The maximum Gasteiger partial charge on any atom is 0.251 e. The Morgan fingerprint density at radius 2 is 2.16 bits per heavy atom. The summed E-state index contributed by atoms with van der Waals surface area (Å²) in [5.41, 5.74) is 0.777. The van der Waals surface area contributed by atoms with Gasteiger partial charge in [0.1, 0.15) is 5.82 Å². The van der Waals surface area contributed by atoms with Gasteiger partial charge < -0.3 is 15.6 Å². The number of H-pyrrole nitrogens is 1. The van der Waals surface area contributed by atoms with Crippen molar-refractivity contribution >= 4 is 0 Å². The predicted octanol–water partition coefficient (Wildman–Crippen LogP) is 0.982. The van der Waals surface area contributed by atoms with Crippen LogP contribution in [-0.2, 0) is 6.54 Å². The van der Waals surface area contributed by atoms with Crippen LogP contribution >= 0.6 is 0 Å². The molecular weight excluding hydrogens is 240 g/mol. The first-order chi connectivity index (χ1) is 9.15. The number of nitrogens with one attached hydrogen (secondary N) is 3. The molecule has 0 aliphatic carbocycles. The fraction of sp³-hybridized carbons (Fsp3) is 0.714. The van der Waals surface area contributed by atoms with Crippen molar-refractivity contribution in [3.05, 3.63) is 27.9 Å². The highest BCUT2D eigenvalue weighted by Gasteiger charge is 2.12. The first kappa shape index (κ1) is 14.2. The van der Waals surface area contributed by atoms with Crippen molar-refractivity contribution in [2.24, 2.45) is 5.92 Å². The van der Waals surface area contributed by atoms with Crippen molar-refractivity contribution in [3.8, 4) is 0 Å². The van der Waals surface area contributed by atoms with E-state index >= 15 is 0 Å². The van der Waals surface area contributed by atoms with Gasteiger partial charge in [0.15, 0.2) is 0 Å². The molecule has 1 aliphatic heterocycles. The summed E-state index contributed by atoms with van der Waals surface area (Å²) in [4.78, 5) is 18.8. The van der Waals surface area contributed by atoms with Crippen molar-refractivity contribution in [1.82, 2.24) is 20.6 Å². The van der Waals surface area contributed by atoms with Gasteiger partial charge >= 0.3 is 0 Å². The average molecular weight is 264 g/mol. The molecule has 1 saturated heterocycles. The minimum absolute atomic E-state index is 0.0580. The number of hydrogen-bond acceptors (Lipinski definition) is 4. The fourth-order valence-corrected chi connectivity index (χ4v) is 2.38. The standard InChI is InChI=1S/C14H24N4O/c1-10(2)14-17-12(7-13(19)18-14)9-16-8-11-3-5-15-6-4-11/h7,10-11,15-16H,3-6,8-9H2,1-2H3,(H,17,18,19). The molecule has 0 aromatic carbocycles. The molecule has 0 bridgehead atoms. The molecule has 1 aliphatic rings. The van der Waals surface area contributed by atoms with Crippen molar-refractivity contribution in [2.75, 3.05) is 19.6 Å². The smallest absolute Gasteiger partial charge is 0.251 e. The molecule has 106 valence electrons. The summed E-state index contributed by atoms with van der Waals surface area (Å²) in [6.07, 6.45) is 2.46. The first-order valence-electron chi connectivity index (χ1n) is 7.16. The molecule has 5 heteroatoms. The molecule has 1 fully saturated rings. The van der Waals surface area contributed by atoms with Gasteiger partial charge in [-0.2, -0.15) is 0 Å². The minimum atomic E-state index is -0.0580. The van der Waals surface area contributed by atoms with Gasteiger partial charge in [-0.1, -0.05) is 13.8 Å². The van der Waals surface area contributed by atoms with E-state index in [0.29, 0.717) is 6.54 Å². The van der Waals surface area contributed by atoms with Gasteiger partial charge in [0.25, 0.3) is 5.56 Å². The van der Waals surface area contributed by atoms with Gasteiger partial charge in [0.2, 0.25) is 0 Å². The molecule has 1 aromatic rings. The van der Waals surface area contributed by atoms with E-state index < -0.39 is 0 Å². The zero-order chi connectivity index (χ0) is 13.7. The lowest BCUT2D eigenvalue weighted by molar-refractivity contribution is 0.355. The molecule has 5 nitrogen and oxygen atoms in total. The maximum absolute atomic E-state index is 11.5. The number of piperidine rings is 1. The van der Waals surface area contributed by atoms with Gasteiger partial charge in [0, 0.05) is 18.5 Å². The fourth-order valence-electron chi connectivity index (χ4n) is 2.38. The summed E-state index contributed by atoms with van der Waals surface area (Å²) in [6, 6.07) is 1.58. The van der Waals surface area contributed by atoms with Crippen molar-refractivity contribution < 1.29 is 0 Å². The van der Waals surface area contributed by atoms with Crippen LogP contribution in [0.5, 0.6) is 0 Å². The largest absolute Gasteiger partial charge is 0.317 e. The van der Waals surface area contributed by atoms with E-state index in [9.17, 15) is 4.79 Å². The quantitative estimate of drug-likeness (QED) is 0.741. The molecule has 3 N–H and O–H groups in total. The second-order valence-corrected chi connectivity index (χ2v) is 5.60. The molecular formula is C14H24N4O. The second-order valence-electron chi connectivity index (χ2n) is 5.60. The minimum Gasteiger partial charge on any atom is -0.317 e. The van der Waals surface area contributed by atoms with Crippen LogP contribution in [0.2, 0.25) is 0 Å². The van der Waals surface area contributed by atoms with Crippen LogP contribution in [0.1, 0.15) is 44.1 Å². The van der Waals surface area contributed by atoms with E-state index in [0.717, 1.165) is 37.1 Å². The van der Waals surface area contributed by atoms with E-state index in [1.165, 1.54) is 12.8 Å². The monoisotopic (exact) mass is 264 g/mol. The topological polar surface area (TPSA) is 69.8 Å². The Morgan fingerprint density at radius 3 is 2.84 bits per heavy atom. The third-order valence-corrected chi connectivity index (χ3v) is 3.56. The highest BCUT2D eigenvalue weighted by molar-refractivity contribution is 5.04. The molecule has 0 saturated carbocycles. The summed E-state index contributed by atoms with van der Waals surface area (Å²) in [5.74, 6) is 1.76. The highest BCUT2D eigenvalue weighted by atomic mass is 16.1. The number of rotatable bonds is 5. The molecule has 2 rings (SSSR count). The van der Waals surface area contributed by atoms with Gasteiger partial charge in [0.05, 0.1) is 5.69 Å². The van der Waals surface area contributed by atoms with Crippen molar-refractivity contribution in [3.63, 3.8) is 0 Å². The van der Waals surface area contributed by atoms with E-state index in [4.69, 9.17) is 0 Å². The molecule has 0 radical (unpaired) electrons. The average Bonchev–Trinajstić information content (AvgIpc) is 2.39. The van der Waals surface area contributed by atoms with Crippen LogP contribution in [-0.4, -0.2) is 29.6 Å². The highest BCUT2D eigenvalue weighted by Crippen LogP contribution is 2.10. The number of hydrogen-bond donors (Lipinski definition) is 3. The van der Waals surface area contributed by atoms with E-state index in [1.54, 1.807) is 6.07 Å². The normalized spacial score (nSPS) is 17.0. The van der Waals surface area contributed by atoms with Gasteiger partial charge in [-0.3, -0.25) is 4.79 Å². The lowest BCUT2D eigenvalue weighted by Gasteiger charge is -2.22. The third-order valence-electron chi connectivity index (χ3n) is 3.56. The summed E-state index contributed by atoms with van der Waals surface area (Å²) >= 11 is 0. The van der Waals surface area contributed by atoms with Crippen LogP contribution < -0.4 is 16.2 Å². The van der Waals surface area contributed by atoms with Crippen LogP contribution in [0.15, 0.2) is 10.9 Å². The molecule has 0 spiro atoms. The van der Waals surface area contributed by atoms with Crippen molar-refractivity contribution in [2.45, 2.75) is 39.2 Å². The lowest BCUT2D eigenvalue weighted by atomic mass is 9.98. The molecule has 0 amide bonds. The molecule has 19 heavy (non-hydrogen) atoms. The lowest BCUT2D eigenvalue weighted by Crippen LogP contribution is -2.33. The molecule has 0 atom stereocenters. The van der Waals surface area contributed by atoms with Crippen molar-refractivity contribution in [1.29, 1.82) is 0 Å². The van der Waals surface area contributed by atoms with Crippen LogP contribution in [0.25, 0.3) is 0 Å². The van der Waals surface area contributed by atoms with Gasteiger partial charge in [-0.15, -0.1) is 0 Å². The zero-order valence-corrected chi connectivity index (χ0v) is 11.8. The van der Waals surface area contributed by atoms with Crippen LogP contribution in [0, 0.1) is 5.92 Å². The Morgan fingerprint density at radius 1 is 1.42 bits per heavy atom. The predicted molar refractivity (Wildman–Crippen MR) is 76.2 cm³/mol. The molecule has 2 heterocycles. The van der Waals surface area contributed by atoms with E-state index in [1.807, 2.05) is 13.8 Å². The van der Waals surface area contributed by atoms with Crippen LogP contribution in [0.4, 0.5) is 0 Å². The Balaban J connectivity index is 1.86. The van der Waals surface area contributed by atoms with Crippen LogP contribution in [0.3, 0.4) is 0 Å². The van der Waals surface area contributed by atoms with Gasteiger partial charge in [-0.25, -0.2) is 4.98 Å². The summed E-state index contributed by atoms with van der Waals surface area (Å²) < 4.78 is 0. The maximum atomic E-state index is 11.5. The summed E-state index contributed by atoms with van der Waals surface area (Å²) in [7, 11) is 0. The SMILES string of the molecule is CC(C)c1nc(CNCC2CCNCC2)cc(=O)[nH]1. The number of nitrogens with zero attached hydrogens (tertiary/aromatic N) is 1. The third kappa shape index (κ3) is 4.44. The first-order valence-corrected chi connectivity index (χ1v) is 7.16. The Bertz CT molecular complexity index is 449. The van der Waals surface area contributed by atoms with E-state index in [-0.39, 0.29) is 11.5 Å². The van der Waals surface area contributed by atoms with Gasteiger partial charge in [-0.05, 0) is 38.4 Å². The second kappa shape index (κ2) is 6.82. The molecule has 0 unspecified atom stereocenters. The Labute approximate surface area is 114 Å². The molecule has 1 aromatic heterocycles. The number of aromatic amines is 1. The summed E-state index contributed by atoms with van der Waals surface area (Å²) in [5, 5.41) is 6.79. The van der Waals surface area contributed by atoms with E-state index in [2.05, 4.69) is 20.6 Å². The Hall–Kier alpha value is -1.20.